The maximum absolute atomic E-state index is 13.4. The first-order valence-corrected chi connectivity index (χ1v) is 13.4. The largest absolute Gasteiger partial charge is 0.456 e. The summed E-state index contributed by atoms with van der Waals surface area (Å²) in [6.45, 7) is 7.40. The van der Waals surface area contributed by atoms with Crippen molar-refractivity contribution in [2.24, 2.45) is 4.99 Å². The highest BCUT2D eigenvalue weighted by Crippen LogP contribution is 2.35. The summed E-state index contributed by atoms with van der Waals surface area (Å²) in [4.78, 5) is 43.1. The van der Waals surface area contributed by atoms with Crippen LogP contribution in [0.5, 0.6) is 0 Å². The summed E-state index contributed by atoms with van der Waals surface area (Å²) in [5, 5.41) is 15.8. The number of halogens is 2. The van der Waals surface area contributed by atoms with Crippen molar-refractivity contribution in [1.82, 2.24) is 16.0 Å². The van der Waals surface area contributed by atoms with Crippen molar-refractivity contribution < 1.29 is 23.5 Å². The summed E-state index contributed by atoms with van der Waals surface area (Å²) in [6, 6.07) is 7.37. The van der Waals surface area contributed by atoms with Crippen molar-refractivity contribution in [3.63, 3.8) is 0 Å². The van der Waals surface area contributed by atoms with Gasteiger partial charge >= 0.3 is 5.97 Å². The molecule has 1 aliphatic heterocycles. The molecule has 0 saturated carbocycles. The monoisotopic (exact) mass is 579 g/mol. The van der Waals surface area contributed by atoms with Crippen molar-refractivity contribution in [1.29, 1.82) is 5.41 Å². The lowest BCUT2D eigenvalue weighted by Crippen LogP contribution is -2.38. The fourth-order valence-electron chi connectivity index (χ4n) is 4.64. The minimum atomic E-state index is -0.613. The number of rotatable bonds is 7. The van der Waals surface area contributed by atoms with Crippen LogP contribution in [0.2, 0.25) is 5.02 Å². The summed E-state index contributed by atoms with van der Waals surface area (Å²) < 4.78 is 19.0. The fourth-order valence-corrected chi connectivity index (χ4v) is 4.84. The number of hydrogen-bond acceptors (Lipinski definition) is 7. The average molecular weight is 580 g/mol. The molecule has 41 heavy (non-hydrogen) atoms. The molecule has 4 rings (SSSR count). The van der Waals surface area contributed by atoms with E-state index in [1.54, 1.807) is 6.07 Å². The van der Waals surface area contributed by atoms with Crippen LogP contribution in [0, 0.1) is 18.2 Å². The SMILES string of the molecule is Cc1c(C(=O)OC(C)(C)C)ccc2c1CC[C@@H]2NC(=O)C1=N/C(=C/C=N)NC(C(=O)NCc2ccc(F)c(Cl)c2)=C1. The van der Waals surface area contributed by atoms with Crippen LogP contribution in [0.15, 0.2) is 59.0 Å². The van der Waals surface area contributed by atoms with E-state index in [4.69, 9.17) is 21.7 Å². The highest BCUT2D eigenvalue weighted by Gasteiger charge is 2.30. The van der Waals surface area contributed by atoms with Gasteiger partial charge in [-0.2, -0.15) is 0 Å². The van der Waals surface area contributed by atoms with Crippen LogP contribution in [0.4, 0.5) is 4.39 Å². The smallest absolute Gasteiger partial charge is 0.338 e. The quantitative estimate of drug-likeness (QED) is 0.281. The van der Waals surface area contributed by atoms with E-state index in [1.165, 1.54) is 30.4 Å². The van der Waals surface area contributed by atoms with Crippen LogP contribution in [0.25, 0.3) is 0 Å². The summed E-state index contributed by atoms with van der Waals surface area (Å²) in [7, 11) is 0. The number of carbonyl (C=O) groups is 3. The van der Waals surface area contributed by atoms with E-state index in [2.05, 4.69) is 20.9 Å². The number of nitrogens with zero attached hydrogens (tertiary/aromatic N) is 1. The molecule has 2 aromatic rings. The van der Waals surface area contributed by atoms with E-state index < -0.39 is 29.2 Å². The Hall–Kier alpha value is -4.31. The van der Waals surface area contributed by atoms with Crippen LogP contribution in [-0.4, -0.2) is 35.3 Å². The van der Waals surface area contributed by atoms with Gasteiger partial charge in [0, 0.05) is 12.8 Å². The number of nitrogens with one attached hydrogen (secondary N) is 4. The zero-order chi connectivity index (χ0) is 29.9. The molecule has 1 aliphatic carbocycles. The summed E-state index contributed by atoms with van der Waals surface area (Å²) in [5.41, 5.74) is 3.24. The van der Waals surface area contributed by atoms with E-state index in [0.717, 1.165) is 22.9 Å². The van der Waals surface area contributed by atoms with Crippen molar-refractivity contribution in [3.05, 3.63) is 92.7 Å². The van der Waals surface area contributed by atoms with Crippen LogP contribution >= 0.6 is 11.6 Å². The lowest BCUT2D eigenvalue weighted by molar-refractivity contribution is -0.118. The molecule has 214 valence electrons. The topological polar surface area (TPSA) is 133 Å². The molecule has 2 aromatic carbocycles. The Morgan fingerprint density at radius 1 is 1.22 bits per heavy atom. The van der Waals surface area contributed by atoms with Crippen LogP contribution in [-0.2, 0) is 27.3 Å². The molecular weight excluding hydrogens is 549 g/mol. The Labute approximate surface area is 242 Å². The highest BCUT2D eigenvalue weighted by molar-refractivity contribution is 6.44. The first kappa shape index (κ1) is 29.7. The van der Waals surface area contributed by atoms with E-state index in [-0.39, 0.29) is 34.8 Å². The average Bonchev–Trinajstić information content (AvgIpc) is 3.31. The van der Waals surface area contributed by atoms with Crippen molar-refractivity contribution >= 4 is 41.3 Å². The molecule has 2 amide bonds. The van der Waals surface area contributed by atoms with Gasteiger partial charge in [0.05, 0.1) is 16.6 Å². The number of fused-ring (bicyclic) bond motifs is 1. The summed E-state index contributed by atoms with van der Waals surface area (Å²) in [5.74, 6) is -1.83. The van der Waals surface area contributed by atoms with E-state index in [1.807, 2.05) is 33.8 Å². The maximum atomic E-state index is 13.4. The van der Waals surface area contributed by atoms with Gasteiger partial charge in [0.25, 0.3) is 11.8 Å². The van der Waals surface area contributed by atoms with Gasteiger partial charge in [-0.3, -0.25) is 9.59 Å². The van der Waals surface area contributed by atoms with Crippen molar-refractivity contribution in [2.75, 3.05) is 0 Å². The molecule has 0 saturated heterocycles. The van der Waals surface area contributed by atoms with Gasteiger partial charge in [0.15, 0.2) is 0 Å². The van der Waals surface area contributed by atoms with Gasteiger partial charge in [0.1, 0.15) is 28.6 Å². The van der Waals surface area contributed by atoms with Gasteiger partial charge in [0.2, 0.25) is 0 Å². The Morgan fingerprint density at radius 2 is 1.98 bits per heavy atom. The molecule has 4 N–H and O–H groups in total. The molecule has 0 spiro atoms. The highest BCUT2D eigenvalue weighted by atomic mass is 35.5. The number of esters is 1. The second kappa shape index (κ2) is 12.1. The van der Waals surface area contributed by atoms with Crippen LogP contribution in [0.1, 0.15) is 65.8 Å². The molecule has 0 bridgehead atoms. The number of amides is 2. The number of allylic oxidation sites excluding steroid dienone is 1. The lowest BCUT2D eigenvalue weighted by Gasteiger charge is -2.21. The first-order chi connectivity index (χ1) is 19.4. The molecule has 1 atom stereocenters. The summed E-state index contributed by atoms with van der Waals surface area (Å²) >= 11 is 5.82. The van der Waals surface area contributed by atoms with E-state index >= 15 is 0 Å². The normalized spacial score (nSPS) is 17.1. The molecule has 0 aromatic heterocycles. The predicted molar refractivity (Wildman–Crippen MR) is 154 cm³/mol. The van der Waals surface area contributed by atoms with Gasteiger partial charge in [-0.15, -0.1) is 0 Å². The van der Waals surface area contributed by atoms with Gasteiger partial charge in [-0.05, 0) is 93.1 Å². The third-order valence-electron chi connectivity index (χ3n) is 6.56. The number of aliphatic imine (C=N–C) groups is 1. The predicted octanol–water partition coefficient (Wildman–Crippen LogP) is 4.58. The first-order valence-electron chi connectivity index (χ1n) is 13.0. The van der Waals surface area contributed by atoms with Gasteiger partial charge < -0.3 is 26.1 Å². The number of carbonyl (C=O) groups excluding carboxylic acids is 3. The molecule has 0 fully saturated rings. The van der Waals surface area contributed by atoms with Crippen LogP contribution in [0.3, 0.4) is 0 Å². The molecule has 11 heteroatoms. The van der Waals surface area contributed by atoms with Crippen molar-refractivity contribution in [3.8, 4) is 0 Å². The molecular formula is C30H31ClFN5O4. The molecule has 0 unspecified atom stereocenters. The second-order valence-electron chi connectivity index (χ2n) is 10.7. The fraction of sp³-hybridized carbons (Fsp3) is 0.300. The third kappa shape index (κ3) is 7.07. The zero-order valence-electron chi connectivity index (χ0n) is 23.2. The van der Waals surface area contributed by atoms with Gasteiger partial charge in [-0.1, -0.05) is 23.7 Å². The lowest BCUT2D eigenvalue weighted by atomic mass is 9.97. The molecule has 0 radical (unpaired) electrons. The zero-order valence-corrected chi connectivity index (χ0v) is 23.9. The maximum Gasteiger partial charge on any atom is 0.338 e. The summed E-state index contributed by atoms with van der Waals surface area (Å²) in [6.07, 6.45) is 4.94. The number of ether oxygens (including phenoxy) is 1. The Balaban J connectivity index is 1.49. The van der Waals surface area contributed by atoms with Crippen LogP contribution < -0.4 is 16.0 Å². The number of hydrogen-bond donors (Lipinski definition) is 4. The Kier molecular flexibility index (Phi) is 8.72. The van der Waals surface area contributed by atoms with E-state index in [9.17, 15) is 18.8 Å². The molecule has 1 heterocycles. The minimum absolute atomic E-state index is 0.0117. The second-order valence-corrected chi connectivity index (χ2v) is 11.1. The van der Waals surface area contributed by atoms with Crippen molar-refractivity contribution in [2.45, 2.75) is 58.7 Å². The van der Waals surface area contributed by atoms with E-state index in [0.29, 0.717) is 24.0 Å². The third-order valence-corrected chi connectivity index (χ3v) is 6.85. The number of benzene rings is 2. The molecule has 2 aliphatic rings. The molecule has 9 nitrogen and oxygen atoms in total. The Morgan fingerprint density at radius 3 is 2.66 bits per heavy atom. The Bertz CT molecular complexity index is 1520. The minimum Gasteiger partial charge on any atom is -0.456 e. The van der Waals surface area contributed by atoms with Gasteiger partial charge in [-0.25, -0.2) is 14.2 Å². The standard InChI is InChI=1S/C30H31ClFN5O4/c1-16-18-8-10-23(20(18)7-6-19(16)29(40)41-30(2,3)4)37-28(39)25-14-24(35-26(36-25)11-12-33)27(38)34-15-17-5-9-22(32)21(31)13-17/h5-7,9,11-14,23,33,35H,8,10,15H2,1-4H3,(H,34,38)(H,37,39)/b26-11+,33-12?/t23-/m0/s1.